The first-order valence-electron chi connectivity index (χ1n) is 3.66. The molecular weight excluding hydrogens is 405 g/mol. The SMILES string of the molecule is CCc1ccc([NH-])c(OC)c1.[Rf]. The van der Waals surface area contributed by atoms with Gasteiger partial charge in [0, 0.05) is 0 Å². The molecule has 0 aliphatic rings. The Morgan fingerprint density at radius 1 is 1.42 bits per heavy atom. The van der Waals surface area contributed by atoms with E-state index >= 15 is 0 Å². The summed E-state index contributed by atoms with van der Waals surface area (Å²) in [5.74, 6) is 0.657. The van der Waals surface area contributed by atoms with Gasteiger partial charge in [0.1, 0.15) is 5.75 Å². The molecule has 0 aliphatic heterocycles. The summed E-state index contributed by atoms with van der Waals surface area (Å²) >= 11 is 0. The minimum absolute atomic E-state index is 0. The summed E-state index contributed by atoms with van der Waals surface area (Å²) in [5, 5.41) is 0. The zero-order valence-corrected chi connectivity index (χ0v) is 14.0. The molecule has 0 fully saturated rings. The van der Waals surface area contributed by atoms with Crippen LogP contribution in [-0.2, 0) is 6.42 Å². The van der Waals surface area contributed by atoms with Crippen LogP contribution in [0.3, 0.4) is 0 Å². The molecule has 0 saturated heterocycles. The zero-order valence-electron chi connectivity index (χ0n) is 7.55. The van der Waals surface area contributed by atoms with Gasteiger partial charge in [-0.15, -0.1) is 0 Å². The molecule has 2 nitrogen and oxygen atoms in total. The van der Waals surface area contributed by atoms with Crippen LogP contribution in [0.5, 0.6) is 5.75 Å². The second kappa shape index (κ2) is 3.86. The van der Waals surface area contributed by atoms with Gasteiger partial charge in [-0.2, -0.15) is 0 Å². The van der Waals surface area contributed by atoms with Crippen molar-refractivity contribution in [1.82, 2.24) is 0 Å². The standard InChI is InChI=1S/C9H12NO.Rf/c1-3-7-4-5-8(10)9(6-7)11-2;/h4-6,10H,3H2,1-2H3;/q-1;. The summed E-state index contributed by atoms with van der Waals surface area (Å²) in [7, 11) is 1.59. The Labute approximate surface area is 67.0 Å². The second-order valence-corrected chi connectivity index (χ2v) is 2.39. The third-order valence-corrected chi connectivity index (χ3v) is 1.67. The molecule has 0 amide bonds. The molecule has 62 valence electrons. The number of methoxy groups -OCH3 is 1. The van der Waals surface area contributed by atoms with E-state index in [0.717, 1.165) is 6.42 Å². The first kappa shape index (κ1) is 9.82. The second-order valence-electron chi connectivity index (χ2n) is 2.39. The van der Waals surface area contributed by atoms with Gasteiger partial charge < -0.3 is 10.5 Å². The number of aryl methyl sites for hydroxylation is 1. The Kier molecular flexibility index (Phi) is 3.16. The van der Waals surface area contributed by atoms with E-state index in [0.29, 0.717) is 11.4 Å². The Hall–Kier alpha value is -2.18. The molecule has 0 atom stereocenters. The van der Waals surface area contributed by atoms with E-state index in [-0.39, 0.29) is 0 Å². The van der Waals surface area contributed by atoms with Crippen LogP contribution >= 0.6 is 0 Å². The smallest absolute Gasteiger partial charge is 0.104 e. The maximum atomic E-state index is 7.42. The van der Waals surface area contributed by atoms with E-state index in [1.807, 2.05) is 12.1 Å². The molecule has 12 heavy (non-hydrogen) atoms. The average molecular weight is 417 g/mol. The Balaban J connectivity index is 0.00000121. The van der Waals surface area contributed by atoms with Crippen molar-refractivity contribution >= 4 is 5.69 Å². The third-order valence-electron chi connectivity index (χ3n) is 1.67. The first-order chi connectivity index (χ1) is 5.27. The quantitative estimate of drug-likeness (QED) is 0.729. The molecule has 0 aliphatic carbocycles. The van der Waals surface area contributed by atoms with E-state index in [2.05, 4.69) is 6.92 Å². The Bertz CT molecular complexity index is 250. The summed E-state index contributed by atoms with van der Waals surface area (Å²) in [4.78, 5) is 0. The minimum atomic E-state index is 0. The molecule has 1 aromatic rings. The van der Waals surface area contributed by atoms with E-state index in [1.165, 1.54) is 5.56 Å². The topological polar surface area (TPSA) is 33.0 Å². The van der Waals surface area contributed by atoms with Crippen molar-refractivity contribution in [3.8, 4) is 5.75 Å². The number of hydrogen-bond donors (Lipinski definition) is 0. The summed E-state index contributed by atoms with van der Waals surface area (Å²) < 4.78 is 5.00. The molecular formula is C9H12NORf-. The van der Waals surface area contributed by atoms with Crippen LogP contribution in [0, 0.1) is 0 Å². The number of nitrogens with one attached hydrogen (secondary N) is 1. The molecule has 0 heterocycles. The molecule has 0 unspecified atom stereocenters. The van der Waals surface area contributed by atoms with Crippen molar-refractivity contribution in [2.45, 2.75) is 13.3 Å². The van der Waals surface area contributed by atoms with Gasteiger partial charge in [-0.25, -0.2) is 0 Å². The van der Waals surface area contributed by atoms with Crippen molar-refractivity contribution in [3.63, 3.8) is 0 Å². The Morgan fingerprint density at radius 2 is 2.08 bits per heavy atom. The van der Waals surface area contributed by atoms with Crippen LogP contribution in [0.25, 0.3) is 5.73 Å². The molecule has 0 radical (unpaired) electrons. The van der Waals surface area contributed by atoms with Crippen LogP contribution < -0.4 is 4.74 Å². The maximum Gasteiger partial charge on any atom is 0.104 e. The van der Waals surface area contributed by atoms with Crippen molar-refractivity contribution in [3.05, 3.63) is 29.5 Å². The molecule has 0 bridgehead atoms. The predicted molar refractivity (Wildman–Crippen MR) is 46.4 cm³/mol. The van der Waals surface area contributed by atoms with Crippen molar-refractivity contribution in [2.24, 2.45) is 0 Å². The van der Waals surface area contributed by atoms with Gasteiger partial charge in [0.2, 0.25) is 0 Å². The van der Waals surface area contributed by atoms with Crippen LogP contribution in [0.1, 0.15) is 12.5 Å². The van der Waals surface area contributed by atoms with Crippen molar-refractivity contribution in [2.75, 3.05) is 7.11 Å². The Morgan fingerprint density at radius 3 is 2.58 bits per heavy atom. The first-order valence-corrected chi connectivity index (χ1v) is 3.66. The number of rotatable bonds is 2. The van der Waals surface area contributed by atoms with Crippen LogP contribution in [0.15, 0.2) is 18.2 Å². The summed E-state index contributed by atoms with van der Waals surface area (Å²) in [6, 6.07) is 5.62. The minimum Gasteiger partial charge on any atom is -0.696 e. The molecule has 0 spiro atoms. The van der Waals surface area contributed by atoms with E-state index in [4.69, 9.17) is 10.5 Å². The van der Waals surface area contributed by atoms with E-state index < -0.39 is 0 Å². The van der Waals surface area contributed by atoms with Crippen molar-refractivity contribution < 1.29 is 4.74 Å². The molecule has 1 aromatic carbocycles. The van der Waals surface area contributed by atoms with Crippen molar-refractivity contribution in [1.29, 1.82) is 0 Å². The third kappa shape index (κ3) is 1.66. The molecule has 0 aromatic heterocycles. The molecule has 3 heteroatoms. The molecule has 1 N–H and O–H groups in total. The van der Waals surface area contributed by atoms with Gasteiger partial charge in [-0.1, -0.05) is 24.7 Å². The van der Waals surface area contributed by atoms with Gasteiger partial charge >= 0.3 is 0 Å². The van der Waals surface area contributed by atoms with Crippen LogP contribution in [0.2, 0.25) is 0 Å². The fourth-order valence-corrected chi connectivity index (χ4v) is 0.956. The summed E-state index contributed by atoms with van der Waals surface area (Å²) in [5.41, 5.74) is 9.07. The maximum absolute atomic E-state index is 7.42. The molecule has 0 saturated carbocycles. The van der Waals surface area contributed by atoms with E-state index in [1.54, 1.807) is 13.2 Å². The number of benzene rings is 1. The zero-order chi connectivity index (χ0) is 8.27. The average Bonchev–Trinajstić information content (AvgIpc) is 2.05. The van der Waals surface area contributed by atoms with Crippen LogP contribution in [-0.4, -0.2) is 7.11 Å². The fourth-order valence-electron chi connectivity index (χ4n) is 0.956. The monoisotopic (exact) mass is 417 g/mol. The number of hydrogen-bond acceptors (Lipinski definition) is 1. The van der Waals surface area contributed by atoms with E-state index in [9.17, 15) is 0 Å². The summed E-state index contributed by atoms with van der Waals surface area (Å²) in [6.45, 7) is 2.08. The van der Waals surface area contributed by atoms with Gasteiger partial charge in [0.05, 0.1) is 7.11 Å². The molecule has 1 rings (SSSR count). The van der Waals surface area contributed by atoms with Gasteiger partial charge in [-0.05, 0) is 18.1 Å². The number of ether oxygens (including phenoxy) is 1. The van der Waals surface area contributed by atoms with Gasteiger partial charge in [-0.3, -0.25) is 0 Å². The predicted octanol–water partition coefficient (Wildman–Crippen LogP) is 2.94. The van der Waals surface area contributed by atoms with Gasteiger partial charge in [0.25, 0.3) is 0 Å². The summed E-state index contributed by atoms with van der Waals surface area (Å²) in [6.07, 6.45) is 0.983. The van der Waals surface area contributed by atoms with Crippen LogP contribution in [0.4, 0.5) is 5.69 Å². The van der Waals surface area contributed by atoms with Gasteiger partial charge in [0.15, 0.2) is 0 Å². The normalized spacial score (nSPS) is 8.83. The fraction of sp³-hybridized carbons (Fsp3) is 0.333. The largest absolute Gasteiger partial charge is 0.696 e.